The Kier molecular flexibility index (Phi) is 5.38. The Morgan fingerprint density at radius 3 is 2.30 bits per heavy atom. The molecular weight excluding hydrogens is 388 g/mol. The molecule has 1 aromatic heterocycles. The summed E-state index contributed by atoms with van der Waals surface area (Å²) in [4.78, 5) is 11.1. The second-order valence-electron chi connectivity index (χ2n) is 5.45. The number of benzene rings is 2. The fourth-order valence-corrected chi connectivity index (χ4v) is 4.19. The summed E-state index contributed by atoms with van der Waals surface area (Å²) in [6.45, 7) is 1.38. The fraction of sp³-hybridized carbons (Fsp3) is 0.118. The number of amides is 1. The van der Waals surface area contributed by atoms with Crippen molar-refractivity contribution in [1.29, 1.82) is 0 Å². The van der Waals surface area contributed by atoms with Crippen LogP contribution in [0.15, 0.2) is 53.4 Å². The van der Waals surface area contributed by atoms with Crippen LogP contribution in [-0.4, -0.2) is 31.6 Å². The minimum atomic E-state index is -3.81. The second-order valence-corrected chi connectivity index (χ2v) is 8.11. The van der Waals surface area contributed by atoms with Crippen molar-refractivity contribution >= 4 is 38.1 Å². The molecule has 0 saturated carbocycles. The lowest BCUT2D eigenvalue weighted by atomic mass is 10.2. The largest absolute Gasteiger partial charge is 0.497 e. The Hall–Kier alpha value is -2.98. The van der Waals surface area contributed by atoms with E-state index >= 15 is 0 Å². The van der Waals surface area contributed by atoms with Gasteiger partial charge in [-0.15, -0.1) is 10.2 Å². The molecule has 10 heteroatoms. The van der Waals surface area contributed by atoms with Crippen LogP contribution >= 0.6 is 11.3 Å². The normalized spacial score (nSPS) is 11.0. The number of hydrogen-bond acceptors (Lipinski definition) is 7. The number of methoxy groups -OCH3 is 1. The first-order valence-corrected chi connectivity index (χ1v) is 10.1. The zero-order valence-corrected chi connectivity index (χ0v) is 16.1. The molecule has 2 aromatic carbocycles. The van der Waals surface area contributed by atoms with Crippen molar-refractivity contribution in [2.75, 3.05) is 17.1 Å². The molecule has 0 saturated heterocycles. The third-order valence-corrected chi connectivity index (χ3v) is 5.84. The number of nitrogens with zero attached hydrogens (tertiary/aromatic N) is 2. The maximum atomic E-state index is 12.5. The summed E-state index contributed by atoms with van der Waals surface area (Å²) < 4.78 is 32.5. The summed E-state index contributed by atoms with van der Waals surface area (Å²) in [5, 5.41) is 11.2. The van der Waals surface area contributed by atoms with E-state index < -0.39 is 10.0 Å². The molecule has 0 spiro atoms. The van der Waals surface area contributed by atoms with Crippen molar-refractivity contribution in [3.63, 3.8) is 0 Å². The molecule has 0 radical (unpaired) electrons. The second kappa shape index (κ2) is 7.72. The van der Waals surface area contributed by atoms with Gasteiger partial charge >= 0.3 is 0 Å². The van der Waals surface area contributed by atoms with Gasteiger partial charge in [0.15, 0.2) is 0 Å². The van der Waals surface area contributed by atoms with Crippen LogP contribution in [0.4, 0.5) is 10.8 Å². The molecule has 0 fully saturated rings. The van der Waals surface area contributed by atoms with Crippen LogP contribution in [0.25, 0.3) is 10.6 Å². The van der Waals surface area contributed by atoms with Crippen LogP contribution in [-0.2, 0) is 14.8 Å². The summed E-state index contributed by atoms with van der Waals surface area (Å²) >= 11 is 1.12. The van der Waals surface area contributed by atoms with Crippen molar-refractivity contribution < 1.29 is 17.9 Å². The summed E-state index contributed by atoms with van der Waals surface area (Å²) in [5.74, 6) is 0.482. The highest BCUT2D eigenvalue weighted by Gasteiger charge is 2.17. The quantitative estimate of drug-likeness (QED) is 0.653. The number of hydrogen-bond donors (Lipinski definition) is 2. The minimum Gasteiger partial charge on any atom is -0.497 e. The van der Waals surface area contributed by atoms with Crippen LogP contribution < -0.4 is 14.8 Å². The first-order chi connectivity index (χ1) is 12.9. The summed E-state index contributed by atoms with van der Waals surface area (Å²) in [5.41, 5.74) is 1.32. The summed E-state index contributed by atoms with van der Waals surface area (Å²) in [7, 11) is -2.23. The van der Waals surface area contributed by atoms with Gasteiger partial charge in [0.2, 0.25) is 11.0 Å². The maximum absolute atomic E-state index is 12.5. The van der Waals surface area contributed by atoms with Crippen LogP contribution in [0.2, 0.25) is 0 Å². The van der Waals surface area contributed by atoms with Crippen molar-refractivity contribution in [3.05, 3.63) is 48.5 Å². The van der Waals surface area contributed by atoms with Gasteiger partial charge in [0.1, 0.15) is 10.8 Å². The third kappa shape index (κ3) is 4.60. The van der Waals surface area contributed by atoms with E-state index in [9.17, 15) is 13.2 Å². The van der Waals surface area contributed by atoms with Gasteiger partial charge in [-0.25, -0.2) is 8.42 Å². The number of rotatable bonds is 6. The Labute approximate surface area is 160 Å². The van der Waals surface area contributed by atoms with Gasteiger partial charge in [-0.3, -0.25) is 9.52 Å². The smallest absolute Gasteiger partial charge is 0.263 e. The van der Waals surface area contributed by atoms with E-state index in [2.05, 4.69) is 20.2 Å². The molecule has 140 valence electrons. The van der Waals surface area contributed by atoms with E-state index in [0.29, 0.717) is 16.4 Å². The van der Waals surface area contributed by atoms with Gasteiger partial charge in [-0.05, 0) is 48.5 Å². The first-order valence-electron chi connectivity index (χ1n) is 7.76. The highest BCUT2D eigenvalue weighted by molar-refractivity contribution is 7.93. The number of nitrogens with one attached hydrogen (secondary N) is 2. The average Bonchev–Trinajstić information content (AvgIpc) is 3.09. The van der Waals surface area contributed by atoms with E-state index in [1.165, 1.54) is 31.2 Å². The van der Waals surface area contributed by atoms with Crippen molar-refractivity contribution in [1.82, 2.24) is 10.2 Å². The number of aromatic nitrogens is 2. The molecule has 0 unspecified atom stereocenters. The zero-order valence-electron chi connectivity index (χ0n) is 14.5. The van der Waals surface area contributed by atoms with Crippen molar-refractivity contribution in [3.8, 4) is 16.3 Å². The number of carbonyl (C=O) groups excluding carboxylic acids is 1. The molecule has 27 heavy (non-hydrogen) atoms. The molecule has 3 rings (SSSR count). The fourth-order valence-electron chi connectivity index (χ4n) is 2.21. The SMILES string of the molecule is COc1ccc(-c2nnc(NS(=O)(=O)c3ccc(NC(C)=O)cc3)s2)cc1. The molecule has 0 bridgehead atoms. The molecule has 0 aliphatic carbocycles. The average molecular weight is 404 g/mol. The molecule has 0 aliphatic rings. The Morgan fingerprint density at radius 1 is 1.04 bits per heavy atom. The maximum Gasteiger partial charge on any atom is 0.263 e. The molecule has 0 aliphatic heterocycles. The summed E-state index contributed by atoms with van der Waals surface area (Å²) in [6.07, 6.45) is 0. The van der Waals surface area contributed by atoms with Gasteiger partial charge in [0, 0.05) is 18.2 Å². The van der Waals surface area contributed by atoms with Gasteiger partial charge < -0.3 is 10.1 Å². The summed E-state index contributed by atoms with van der Waals surface area (Å²) in [6, 6.07) is 13.0. The monoisotopic (exact) mass is 404 g/mol. The van der Waals surface area contributed by atoms with E-state index in [1.807, 2.05) is 12.1 Å². The van der Waals surface area contributed by atoms with E-state index in [4.69, 9.17) is 4.74 Å². The molecule has 1 amide bonds. The molecule has 3 aromatic rings. The highest BCUT2D eigenvalue weighted by atomic mass is 32.2. The van der Waals surface area contributed by atoms with E-state index in [-0.39, 0.29) is 15.9 Å². The number of carbonyl (C=O) groups is 1. The van der Waals surface area contributed by atoms with Crippen molar-refractivity contribution in [2.24, 2.45) is 0 Å². The van der Waals surface area contributed by atoms with Gasteiger partial charge in [0.25, 0.3) is 10.0 Å². The Morgan fingerprint density at radius 2 is 1.70 bits per heavy atom. The molecule has 0 atom stereocenters. The van der Waals surface area contributed by atoms with Gasteiger partial charge in [0.05, 0.1) is 12.0 Å². The minimum absolute atomic E-state index is 0.0535. The highest BCUT2D eigenvalue weighted by Crippen LogP contribution is 2.29. The predicted octanol–water partition coefficient (Wildman–Crippen LogP) is 2.97. The van der Waals surface area contributed by atoms with Crippen LogP contribution in [0.5, 0.6) is 5.75 Å². The number of anilines is 2. The van der Waals surface area contributed by atoms with Gasteiger partial charge in [-0.2, -0.15) is 0 Å². The predicted molar refractivity (Wildman–Crippen MR) is 103 cm³/mol. The van der Waals surface area contributed by atoms with Crippen LogP contribution in [0.3, 0.4) is 0 Å². The number of sulfonamides is 1. The van der Waals surface area contributed by atoms with Crippen LogP contribution in [0.1, 0.15) is 6.92 Å². The van der Waals surface area contributed by atoms with Crippen molar-refractivity contribution in [2.45, 2.75) is 11.8 Å². The third-order valence-electron chi connectivity index (χ3n) is 3.47. The molecule has 2 N–H and O–H groups in total. The number of ether oxygens (including phenoxy) is 1. The van der Waals surface area contributed by atoms with E-state index in [1.54, 1.807) is 19.2 Å². The standard InChI is InChI=1S/C17H16N4O4S2/c1-11(22)18-13-5-9-15(10-6-13)27(23,24)21-17-20-19-16(26-17)12-3-7-14(25-2)8-4-12/h3-10H,1-2H3,(H,18,22)(H,20,21). The Balaban J connectivity index is 1.76. The molecular formula is C17H16N4O4S2. The topological polar surface area (TPSA) is 110 Å². The van der Waals surface area contributed by atoms with E-state index in [0.717, 1.165) is 16.9 Å². The first kappa shape index (κ1) is 18.8. The lowest BCUT2D eigenvalue weighted by Gasteiger charge is -2.06. The Bertz CT molecular complexity index is 1050. The molecule has 1 heterocycles. The lowest BCUT2D eigenvalue weighted by molar-refractivity contribution is -0.114. The molecule has 8 nitrogen and oxygen atoms in total. The lowest BCUT2D eigenvalue weighted by Crippen LogP contribution is -2.13. The van der Waals surface area contributed by atoms with Gasteiger partial charge in [-0.1, -0.05) is 11.3 Å². The zero-order chi connectivity index (χ0) is 19.4. The van der Waals surface area contributed by atoms with Crippen LogP contribution in [0, 0.1) is 0 Å².